The second kappa shape index (κ2) is 7.25. The van der Waals surface area contributed by atoms with Crippen LogP contribution in [-0.4, -0.2) is 24.0 Å². The number of rotatable bonds is 4. The Kier molecular flexibility index (Phi) is 5.11. The van der Waals surface area contributed by atoms with E-state index in [-0.39, 0.29) is 18.0 Å². The Morgan fingerprint density at radius 2 is 1.95 bits per heavy atom. The Labute approximate surface area is 133 Å². The van der Waals surface area contributed by atoms with Crippen LogP contribution in [0, 0.1) is 0 Å². The molecule has 0 bridgehead atoms. The Hall–Kier alpha value is -1.39. The molecule has 1 aliphatic heterocycles. The van der Waals surface area contributed by atoms with Gasteiger partial charge in [-0.25, -0.2) is 5.43 Å². The van der Waals surface area contributed by atoms with E-state index in [0.29, 0.717) is 12.0 Å². The first-order chi connectivity index (χ1) is 10.8. The summed E-state index contributed by atoms with van der Waals surface area (Å²) in [7, 11) is 0. The van der Waals surface area contributed by atoms with Crippen LogP contribution in [-0.2, 0) is 4.79 Å². The molecule has 22 heavy (non-hydrogen) atoms. The molecule has 2 unspecified atom stereocenters. The molecule has 3 rings (SSSR count). The van der Waals surface area contributed by atoms with Crippen LogP contribution in [0.1, 0.15) is 56.9 Å². The summed E-state index contributed by atoms with van der Waals surface area (Å²) in [5.41, 5.74) is 7.70. The number of hydrogen-bond acceptors (Lipinski definition) is 3. The minimum Gasteiger partial charge on any atom is -0.351 e. The molecule has 1 heterocycles. The average Bonchev–Trinajstić information content (AvgIpc) is 3.05. The fourth-order valence-electron chi connectivity index (χ4n) is 3.75. The van der Waals surface area contributed by atoms with Gasteiger partial charge in [-0.2, -0.15) is 0 Å². The second-order valence-electron chi connectivity index (χ2n) is 6.60. The van der Waals surface area contributed by atoms with Crippen LogP contribution in [0.25, 0.3) is 0 Å². The van der Waals surface area contributed by atoms with Crippen LogP contribution in [0.4, 0.5) is 0 Å². The predicted molar refractivity (Wildman–Crippen MR) is 88.3 cm³/mol. The molecule has 4 heteroatoms. The summed E-state index contributed by atoms with van der Waals surface area (Å²) >= 11 is 0. The molecular formula is C18H27N3O. The van der Waals surface area contributed by atoms with Crippen molar-refractivity contribution < 1.29 is 4.79 Å². The van der Waals surface area contributed by atoms with Gasteiger partial charge in [-0.3, -0.25) is 10.2 Å². The molecule has 2 aliphatic rings. The van der Waals surface area contributed by atoms with Crippen LogP contribution in [0.2, 0.25) is 0 Å². The van der Waals surface area contributed by atoms with Gasteiger partial charge in [-0.15, -0.1) is 0 Å². The number of hydrazine groups is 1. The third-order valence-electron chi connectivity index (χ3n) is 5.11. The highest BCUT2D eigenvalue weighted by Crippen LogP contribution is 2.33. The number of amides is 1. The third kappa shape index (κ3) is 3.50. The second-order valence-corrected chi connectivity index (χ2v) is 6.60. The zero-order valence-corrected chi connectivity index (χ0v) is 13.3. The first kappa shape index (κ1) is 15.5. The highest BCUT2D eigenvalue weighted by molar-refractivity contribution is 5.82. The highest BCUT2D eigenvalue weighted by Gasteiger charge is 2.32. The smallest absolute Gasteiger partial charge is 0.238 e. The standard InChI is InChI=1S/C18H27N3O/c1-2-14-12-17(21-20-14)18(22)19-16-11-7-6-10-15(16)13-8-4-3-5-9-13/h3-5,8-9,14-17,20-21H,2,6-7,10-12H2,1H3,(H,19,22)/t14?,15-,16+,17?/m0/s1. The van der Waals surface area contributed by atoms with Gasteiger partial charge >= 0.3 is 0 Å². The molecule has 1 aromatic carbocycles. The summed E-state index contributed by atoms with van der Waals surface area (Å²) in [6, 6.07) is 11.2. The first-order valence-corrected chi connectivity index (χ1v) is 8.64. The Morgan fingerprint density at radius 3 is 2.68 bits per heavy atom. The molecule has 0 radical (unpaired) electrons. The summed E-state index contributed by atoms with van der Waals surface area (Å²) < 4.78 is 0. The summed E-state index contributed by atoms with van der Waals surface area (Å²) in [5, 5.41) is 3.31. The molecule has 120 valence electrons. The van der Waals surface area contributed by atoms with Gasteiger partial charge in [0.25, 0.3) is 0 Å². The van der Waals surface area contributed by atoms with Gasteiger partial charge in [0.05, 0.1) is 0 Å². The van der Waals surface area contributed by atoms with Crippen molar-refractivity contribution in [2.24, 2.45) is 0 Å². The Bertz CT molecular complexity index is 490. The van der Waals surface area contributed by atoms with Crippen LogP contribution in [0.3, 0.4) is 0 Å². The number of carbonyl (C=O) groups excluding carboxylic acids is 1. The van der Waals surface area contributed by atoms with Crippen LogP contribution in [0.5, 0.6) is 0 Å². The number of hydrogen-bond donors (Lipinski definition) is 3. The van der Waals surface area contributed by atoms with Crippen molar-refractivity contribution in [2.75, 3.05) is 0 Å². The van der Waals surface area contributed by atoms with Crippen molar-refractivity contribution in [1.29, 1.82) is 0 Å². The molecule has 3 N–H and O–H groups in total. The fourth-order valence-corrected chi connectivity index (χ4v) is 3.75. The minimum absolute atomic E-state index is 0.0942. The summed E-state index contributed by atoms with van der Waals surface area (Å²) in [4.78, 5) is 12.5. The number of nitrogens with one attached hydrogen (secondary N) is 3. The first-order valence-electron chi connectivity index (χ1n) is 8.64. The quantitative estimate of drug-likeness (QED) is 0.801. The van der Waals surface area contributed by atoms with Gasteiger partial charge in [0, 0.05) is 18.0 Å². The van der Waals surface area contributed by atoms with Crippen molar-refractivity contribution in [1.82, 2.24) is 16.2 Å². The number of benzene rings is 1. The van der Waals surface area contributed by atoms with Crippen molar-refractivity contribution >= 4 is 5.91 Å². The van der Waals surface area contributed by atoms with Crippen molar-refractivity contribution in [3.63, 3.8) is 0 Å². The van der Waals surface area contributed by atoms with Crippen molar-refractivity contribution in [2.45, 2.75) is 69.5 Å². The maximum absolute atomic E-state index is 12.5. The van der Waals surface area contributed by atoms with E-state index in [9.17, 15) is 4.79 Å². The summed E-state index contributed by atoms with van der Waals surface area (Å²) in [5.74, 6) is 0.603. The van der Waals surface area contributed by atoms with Crippen LogP contribution >= 0.6 is 0 Å². The Balaban J connectivity index is 1.63. The van der Waals surface area contributed by atoms with E-state index in [1.54, 1.807) is 0 Å². The molecule has 1 saturated heterocycles. The Morgan fingerprint density at radius 1 is 1.18 bits per heavy atom. The fraction of sp³-hybridized carbons (Fsp3) is 0.611. The van der Waals surface area contributed by atoms with E-state index in [0.717, 1.165) is 19.3 Å². The minimum atomic E-state index is -0.0942. The van der Waals surface area contributed by atoms with Gasteiger partial charge in [0.15, 0.2) is 0 Å². The molecule has 0 spiro atoms. The van der Waals surface area contributed by atoms with E-state index in [1.807, 2.05) is 0 Å². The molecular weight excluding hydrogens is 274 g/mol. The SMILES string of the molecule is CCC1CC(C(=O)N[C@@H]2CCCC[C@H]2c2ccccc2)NN1. The lowest BCUT2D eigenvalue weighted by molar-refractivity contribution is -0.124. The van der Waals surface area contributed by atoms with Gasteiger partial charge in [0.2, 0.25) is 5.91 Å². The zero-order valence-electron chi connectivity index (χ0n) is 13.3. The van der Waals surface area contributed by atoms with E-state index in [1.165, 1.54) is 24.8 Å². The molecule has 1 amide bonds. The van der Waals surface area contributed by atoms with Crippen LogP contribution < -0.4 is 16.2 Å². The average molecular weight is 301 g/mol. The molecule has 0 aromatic heterocycles. The molecule has 4 atom stereocenters. The summed E-state index contributed by atoms with van der Waals surface area (Å²) in [6.07, 6.45) is 6.65. The van der Waals surface area contributed by atoms with Crippen LogP contribution in [0.15, 0.2) is 30.3 Å². The topological polar surface area (TPSA) is 53.2 Å². The highest BCUT2D eigenvalue weighted by atomic mass is 16.2. The molecule has 1 aromatic rings. The normalized spacial score (nSPS) is 31.9. The third-order valence-corrected chi connectivity index (χ3v) is 5.11. The van der Waals surface area contributed by atoms with Gasteiger partial charge in [-0.1, -0.05) is 50.1 Å². The molecule has 1 aliphatic carbocycles. The maximum Gasteiger partial charge on any atom is 0.238 e. The molecule has 1 saturated carbocycles. The lowest BCUT2D eigenvalue weighted by Crippen LogP contribution is -2.49. The van der Waals surface area contributed by atoms with Gasteiger partial charge in [0.1, 0.15) is 6.04 Å². The van der Waals surface area contributed by atoms with E-state index in [4.69, 9.17) is 0 Å². The lowest BCUT2D eigenvalue weighted by atomic mass is 9.80. The molecule has 2 fully saturated rings. The lowest BCUT2D eigenvalue weighted by Gasteiger charge is -2.33. The monoisotopic (exact) mass is 301 g/mol. The van der Waals surface area contributed by atoms with E-state index in [2.05, 4.69) is 53.4 Å². The molecule has 4 nitrogen and oxygen atoms in total. The van der Waals surface area contributed by atoms with Crippen molar-refractivity contribution in [3.05, 3.63) is 35.9 Å². The van der Waals surface area contributed by atoms with E-state index >= 15 is 0 Å². The van der Waals surface area contributed by atoms with Crippen molar-refractivity contribution in [3.8, 4) is 0 Å². The van der Waals surface area contributed by atoms with E-state index < -0.39 is 0 Å². The van der Waals surface area contributed by atoms with Gasteiger partial charge in [-0.05, 0) is 31.2 Å². The maximum atomic E-state index is 12.5. The van der Waals surface area contributed by atoms with Gasteiger partial charge < -0.3 is 5.32 Å². The predicted octanol–water partition coefficient (Wildman–Crippen LogP) is 2.47. The number of carbonyl (C=O) groups is 1. The zero-order chi connectivity index (χ0) is 15.4. The summed E-state index contributed by atoms with van der Waals surface area (Å²) in [6.45, 7) is 2.15. The largest absolute Gasteiger partial charge is 0.351 e.